The minimum atomic E-state index is 0.870. The monoisotopic (exact) mass is 250 g/mol. The quantitative estimate of drug-likeness (QED) is 0.787. The predicted molar refractivity (Wildman–Crippen MR) is 79.2 cm³/mol. The SMILES string of the molecule is Nc1ccc2c(c1)CN(c1ccc3c(c1)CCC3)C2. The molecular weight excluding hydrogens is 232 g/mol. The Morgan fingerprint density at radius 1 is 0.789 bits per heavy atom. The number of nitrogens with zero attached hydrogens (tertiary/aromatic N) is 1. The highest BCUT2D eigenvalue weighted by Crippen LogP contribution is 2.32. The lowest BCUT2D eigenvalue weighted by molar-refractivity contribution is 0.878. The molecule has 0 aromatic heterocycles. The molecule has 19 heavy (non-hydrogen) atoms. The lowest BCUT2D eigenvalue weighted by Crippen LogP contribution is -2.14. The van der Waals surface area contributed by atoms with Gasteiger partial charge in [-0.05, 0) is 65.8 Å². The van der Waals surface area contributed by atoms with Gasteiger partial charge >= 0.3 is 0 Å². The van der Waals surface area contributed by atoms with Gasteiger partial charge in [0.1, 0.15) is 0 Å². The fourth-order valence-corrected chi connectivity index (χ4v) is 3.35. The molecule has 0 fully saturated rings. The van der Waals surface area contributed by atoms with Gasteiger partial charge in [-0.3, -0.25) is 0 Å². The van der Waals surface area contributed by atoms with Crippen LogP contribution in [0.3, 0.4) is 0 Å². The van der Waals surface area contributed by atoms with Gasteiger partial charge in [0, 0.05) is 24.5 Å². The zero-order valence-corrected chi connectivity index (χ0v) is 11.0. The van der Waals surface area contributed by atoms with Crippen molar-refractivity contribution in [1.82, 2.24) is 0 Å². The van der Waals surface area contributed by atoms with Crippen molar-refractivity contribution in [1.29, 1.82) is 0 Å². The van der Waals surface area contributed by atoms with E-state index in [0.717, 1.165) is 18.8 Å². The number of fused-ring (bicyclic) bond motifs is 2. The average Bonchev–Trinajstić information content (AvgIpc) is 3.02. The largest absolute Gasteiger partial charge is 0.399 e. The summed E-state index contributed by atoms with van der Waals surface area (Å²) in [4.78, 5) is 2.45. The molecule has 0 spiro atoms. The van der Waals surface area contributed by atoms with Gasteiger partial charge in [0.05, 0.1) is 0 Å². The van der Waals surface area contributed by atoms with Crippen LogP contribution in [0.25, 0.3) is 0 Å². The summed E-state index contributed by atoms with van der Waals surface area (Å²) in [5.41, 5.74) is 14.0. The van der Waals surface area contributed by atoms with Gasteiger partial charge < -0.3 is 10.6 Å². The highest BCUT2D eigenvalue weighted by atomic mass is 15.1. The van der Waals surface area contributed by atoms with Crippen molar-refractivity contribution in [2.75, 3.05) is 10.6 Å². The third-order valence-electron chi connectivity index (χ3n) is 4.40. The maximum Gasteiger partial charge on any atom is 0.0437 e. The molecule has 1 aliphatic carbocycles. The van der Waals surface area contributed by atoms with Crippen LogP contribution in [0.4, 0.5) is 11.4 Å². The summed E-state index contributed by atoms with van der Waals surface area (Å²) >= 11 is 0. The number of nitrogen functional groups attached to an aromatic ring is 1. The lowest BCUT2D eigenvalue weighted by atomic mass is 10.1. The summed E-state index contributed by atoms with van der Waals surface area (Å²) in [5, 5.41) is 0. The molecule has 0 unspecified atom stereocenters. The van der Waals surface area contributed by atoms with Crippen molar-refractivity contribution in [3.63, 3.8) is 0 Å². The topological polar surface area (TPSA) is 29.3 Å². The van der Waals surface area contributed by atoms with Crippen molar-refractivity contribution in [2.45, 2.75) is 32.4 Å². The molecule has 0 amide bonds. The van der Waals surface area contributed by atoms with Gasteiger partial charge in [0.15, 0.2) is 0 Å². The summed E-state index contributed by atoms with van der Waals surface area (Å²) < 4.78 is 0. The summed E-state index contributed by atoms with van der Waals surface area (Å²) in [7, 11) is 0. The van der Waals surface area contributed by atoms with Crippen LogP contribution in [-0.4, -0.2) is 0 Å². The molecule has 2 nitrogen and oxygen atoms in total. The van der Waals surface area contributed by atoms with E-state index in [9.17, 15) is 0 Å². The first kappa shape index (κ1) is 10.9. The molecule has 96 valence electrons. The molecule has 0 saturated heterocycles. The minimum Gasteiger partial charge on any atom is -0.399 e. The van der Waals surface area contributed by atoms with Gasteiger partial charge in [-0.1, -0.05) is 12.1 Å². The molecule has 4 rings (SSSR count). The van der Waals surface area contributed by atoms with E-state index in [1.807, 2.05) is 6.07 Å². The van der Waals surface area contributed by atoms with Crippen molar-refractivity contribution in [3.8, 4) is 0 Å². The van der Waals surface area contributed by atoms with Crippen LogP contribution in [0, 0.1) is 0 Å². The van der Waals surface area contributed by atoms with E-state index >= 15 is 0 Å². The second kappa shape index (κ2) is 4.02. The Hall–Kier alpha value is -1.96. The zero-order chi connectivity index (χ0) is 12.8. The second-order valence-electron chi connectivity index (χ2n) is 5.69. The smallest absolute Gasteiger partial charge is 0.0437 e. The van der Waals surface area contributed by atoms with Crippen LogP contribution in [0.1, 0.15) is 28.7 Å². The number of hydrogen-bond donors (Lipinski definition) is 1. The number of aryl methyl sites for hydroxylation is 2. The third-order valence-corrected chi connectivity index (χ3v) is 4.40. The van der Waals surface area contributed by atoms with E-state index in [1.165, 1.54) is 36.1 Å². The van der Waals surface area contributed by atoms with E-state index in [4.69, 9.17) is 5.73 Å². The van der Waals surface area contributed by atoms with Crippen molar-refractivity contribution >= 4 is 11.4 Å². The Morgan fingerprint density at radius 2 is 1.58 bits per heavy atom. The molecule has 0 atom stereocenters. The van der Waals surface area contributed by atoms with E-state index in [1.54, 1.807) is 11.1 Å². The van der Waals surface area contributed by atoms with Gasteiger partial charge in [0.2, 0.25) is 0 Å². The van der Waals surface area contributed by atoms with E-state index < -0.39 is 0 Å². The van der Waals surface area contributed by atoms with E-state index in [2.05, 4.69) is 35.2 Å². The molecule has 2 aliphatic rings. The predicted octanol–water partition coefficient (Wildman–Crippen LogP) is 3.28. The first-order valence-electron chi connectivity index (χ1n) is 7.04. The maximum atomic E-state index is 5.87. The number of anilines is 2. The van der Waals surface area contributed by atoms with E-state index in [0.29, 0.717) is 0 Å². The number of benzene rings is 2. The minimum absolute atomic E-state index is 0.870. The van der Waals surface area contributed by atoms with Crippen molar-refractivity contribution in [2.24, 2.45) is 0 Å². The molecule has 0 saturated carbocycles. The Bertz CT molecular complexity index is 646. The molecule has 2 N–H and O–H groups in total. The Labute approximate surface area is 113 Å². The molecular formula is C17H18N2. The van der Waals surface area contributed by atoms with Crippen molar-refractivity contribution in [3.05, 3.63) is 58.7 Å². The highest BCUT2D eigenvalue weighted by molar-refractivity contribution is 5.57. The Balaban J connectivity index is 1.65. The molecule has 0 bridgehead atoms. The van der Waals surface area contributed by atoms with Crippen LogP contribution in [-0.2, 0) is 25.9 Å². The van der Waals surface area contributed by atoms with E-state index in [-0.39, 0.29) is 0 Å². The lowest BCUT2D eigenvalue weighted by Gasteiger charge is -2.18. The third kappa shape index (κ3) is 1.79. The second-order valence-corrected chi connectivity index (χ2v) is 5.69. The highest BCUT2D eigenvalue weighted by Gasteiger charge is 2.20. The normalized spacial score (nSPS) is 16.5. The first-order valence-corrected chi connectivity index (χ1v) is 7.04. The van der Waals surface area contributed by atoms with Crippen LogP contribution >= 0.6 is 0 Å². The van der Waals surface area contributed by atoms with Gasteiger partial charge in [-0.25, -0.2) is 0 Å². The van der Waals surface area contributed by atoms with Crippen molar-refractivity contribution < 1.29 is 0 Å². The summed E-state index contributed by atoms with van der Waals surface area (Å²) in [6.45, 7) is 1.99. The fourth-order valence-electron chi connectivity index (χ4n) is 3.35. The van der Waals surface area contributed by atoms with Gasteiger partial charge in [-0.2, -0.15) is 0 Å². The molecule has 2 heteroatoms. The molecule has 2 aromatic rings. The zero-order valence-electron chi connectivity index (χ0n) is 11.0. The average molecular weight is 250 g/mol. The van der Waals surface area contributed by atoms with Crippen LogP contribution in [0.15, 0.2) is 36.4 Å². The van der Waals surface area contributed by atoms with Crippen LogP contribution < -0.4 is 10.6 Å². The molecule has 1 aliphatic heterocycles. The van der Waals surface area contributed by atoms with Gasteiger partial charge in [0.25, 0.3) is 0 Å². The molecule has 0 radical (unpaired) electrons. The maximum absolute atomic E-state index is 5.87. The fraction of sp³-hybridized carbons (Fsp3) is 0.294. The molecule has 2 aromatic carbocycles. The summed E-state index contributed by atoms with van der Waals surface area (Å²) in [6.07, 6.45) is 3.82. The van der Waals surface area contributed by atoms with Gasteiger partial charge in [-0.15, -0.1) is 0 Å². The molecule has 1 heterocycles. The Morgan fingerprint density at radius 3 is 2.53 bits per heavy atom. The Kier molecular flexibility index (Phi) is 2.31. The summed E-state index contributed by atoms with van der Waals surface area (Å²) in [5.74, 6) is 0. The summed E-state index contributed by atoms with van der Waals surface area (Å²) in [6, 6.07) is 13.3. The number of hydrogen-bond acceptors (Lipinski definition) is 2. The van der Waals surface area contributed by atoms with Crippen LogP contribution in [0.5, 0.6) is 0 Å². The number of nitrogens with two attached hydrogens (primary N) is 1. The van der Waals surface area contributed by atoms with Crippen LogP contribution in [0.2, 0.25) is 0 Å². The first-order chi connectivity index (χ1) is 9.29. The standard InChI is InChI=1S/C17H18N2/c18-16-6-4-14-10-19(11-15(14)8-16)17-7-5-12-2-1-3-13(12)9-17/h4-9H,1-3,10-11,18H2. The number of rotatable bonds is 1.